The van der Waals surface area contributed by atoms with Gasteiger partial charge in [-0.05, 0) is 50.3 Å². The Morgan fingerprint density at radius 2 is 1.83 bits per heavy atom. The summed E-state index contributed by atoms with van der Waals surface area (Å²) >= 11 is 0. The number of piperidine rings is 1. The van der Waals surface area contributed by atoms with Crippen molar-refractivity contribution in [1.82, 2.24) is 10.2 Å². The lowest BCUT2D eigenvalue weighted by Gasteiger charge is -2.38. The predicted octanol–water partition coefficient (Wildman–Crippen LogP) is 1.76. The minimum absolute atomic E-state index is 0.0357. The van der Waals surface area contributed by atoms with Crippen LogP contribution in [0.4, 0.5) is 0 Å². The molecule has 1 aromatic carbocycles. The molecule has 0 aliphatic carbocycles. The third-order valence-corrected chi connectivity index (χ3v) is 7.21. The van der Waals surface area contributed by atoms with Crippen molar-refractivity contribution in [3.8, 4) is 0 Å². The largest absolute Gasteiger partial charge is 0.343 e. The Morgan fingerprint density at radius 1 is 1.17 bits per heavy atom. The van der Waals surface area contributed by atoms with E-state index in [9.17, 15) is 13.2 Å². The number of hydrogen-bond donors (Lipinski definition) is 1. The van der Waals surface area contributed by atoms with E-state index in [1.54, 1.807) is 24.3 Å². The number of nitrogens with zero attached hydrogens (tertiary/aromatic N) is 1. The van der Waals surface area contributed by atoms with Crippen molar-refractivity contribution in [2.45, 2.75) is 37.5 Å². The van der Waals surface area contributed by atoms with Crippen LogP contribution >= 0.6 is 0 Å². The van der Waals surface area contributed by atoms with E-state index in [1.165, 1.54) is 6.42 Å². The molecule has 24 heavy (non-hydrogen) atoms. The average Bonchev–Trinajstić information content (AvgIpc) is 3.02. The molecule has 1 N–H and O–H groups in total. The summed E-state index contributed by atoms with van der Waals surface area (Å²) in [5, 5.41) is 3.41. The topological polar surface area (TPSA) is 66.5 Å². The Hall–Kier alpha value is -1.40. The number of nitrogens with one attached hydrogen (secondary N) is 1. The van der Waals surface area contributed by atoms with Crippen molar-refractivity contribution >= 4 is 15.7 Å². The normalized spacial score (nSPS) is 20.5. The van der Waals surface area contributed by atoms with Crippen LogP contribution in [0.15, 0.2) is 29.2 Å². The van der Waals surface area contributed by atoms with Crippen LogP contribution in [0.25, 0.3) is 0 Å². The number of rotatable bonds is 4. The Balaban J connectivity index is 1.53. The lowest BCUT2D eigenvalue weighted by atomic mass is 9.78. The highest BCUT2D eigenvalue weighted by molar-refractivity contribution is 7.91. The minimum Gasteiger partial charge on any atom is -0.343 e. The highest BCUT2D eigenvalue weighted by atomic mass is 32.2. The van der Waals surface area contributed by atoms with Crippen LogP contribution in [0, 0.1) is 12.3 Å². The van der Waals surface area contributed by atoms with Crippen LogP contribution in [0.3, 0.4) is 0 Å². The zero-order valence-corrected chi connectivity index (χ0v) is 15.1. The summed E-state index contributed by atoms with van der Waals surface area (Å²) in [6.07, 6.45) is 3.31. The summed E-state index contributed by atoms with van der Waals surface area (Å²) in [5.41, 5.74) is 1.39. The van der Waals surface area contributed by atoms with Gasteiger partial charge < -0.3 is 10.2 Å². The number of sulfone groups is 1. The number of likely N-dealkylation sites (tertiary alicyclic amines) is 1. The number of benzene rings is 1. The van der Waals surface area contributed by atoms with E-state index >= 15 is 0 Å². The van der Waals surface area contributed by atoms with Gasteiger partial charge in [-0.15, -0.1) is 0 Å². The minimum atomic E-state index is -3.39. The second kappa shape index (κ2) is 6.84. The molecule has 0 bridgehead atoms. The summed E-state index contributed by atoms with van der Waals surface area (Å²) in [6, 6.07) is 6.81. The molecule has 2 aliphatic heterocycles. The van der Waals surface area contributed by atoms with Gasteiger partial charge in [-0.2, -0.15) is 0 Å². The molecule has 5 nitrogen and oxygen atoms in total. The Labute approximate surface area is 144 Å². The molecule has 1 amide bonds. The maximum absolute atomic E-state index is 12.4. The first kappa shape index (κ1) is 17.4. The molecule has 0 unspecified atom stereocenters. The van der Waals surface area contributed by atoms with E-state index in [0.717, 1.165) is 44.6 Å². The molecule has 0 saturated carbocycles. The molecule has 1 aromatic rings. The monoisotopic (exact) mass is 350 g/mol. The van der Waals surface area contributed by atoms with Gasteiger partial charge in [0.25, 0.3) is 0 Å². The van der Waals surface area contributed by atoms with Gasteiger partial charge in [-0.1, -0.05) is 17.7 Å². The van der Waals surface area contributed by atoms with E-state index in [-0.39, 0.29) is 18.1 Å². The molecular formula is C18H26N2O3S. The lowest BCUT2D eigenvalue weighted by Crippen LogP contribution is -2.44. The molecule has 0 aromatic heterocycles. The van der Waals surface area contributed by atoms with Gasteiger partial charge in [0.2, 0.25) is 5.91 Å². The molecule has 0 radical (unpaired) electrons. The first-order valence-corrected chi connectivity index (χ1v) is 10.3. The third-order valence-electron chi connectivity index (χ3n) is 5.47. The molecule has 2 fully saturated rings. The number of carbonyl (C=O) groups excluding carboxylic acids is 1. The molecule has 2 saturated heterocycles. The Morgan fingerprint density at radius 3 is 2.42 bits per heavy atom. The van der Waals surface area contributed by atoms with Crippen LogP contribution in [0.1, 0.15) is 31.2 Å². The van der Waals surface area contributed by atoms with Crippen LogP contribution in [-0.4, -0.2) is 51.2 Å². The molecule has 6 heteroatoms. The van der Waals surface area contributed by atoms with Gasteiger partial charge in [-0.25, -0.2) is 8.42 Å². The highest BCUT2D eigenvalue weighted by Crippen LogP contribution is 2.37. The van der Waals surface area contributed by atoms with E-state index in [4.69, 9.17) is 0 Å². The van der Waals surface area contributed by atoms with Crippen LogP contribution in [-0.2, 0) is 14.6 Å². The van der Waals surface area contributed by atoms with E-state index in [1.807, 2.05) is 11.8 Å². The lowest BCUT2D eigenvalue weighted by molar-refractivity contribution is -0.132. The maximum Gasteiger partial charge on any atom is 0.223 e. The molecule has 0 atom stereocenters. The van der Waals surface area contributed by atoms with Crippen LogP contribution in [0.2, 0.25) is 0 Å². The smallest absolute Gasteiger partial charge is 0.223 e. The van der Waals surface area contributed by atoms with Crippen molar-refractivity contribution in [2.24, 2.45) is 5.41 Å². The van der Waals surface area contributed by atoms with Crippen molar-refractivity contribution in [3.05, 3.63) is 29.8 Å². The Kier molecular flexibility index (Phi) is 4.97. The quantitative estimate of drug-likeness (QED) is 0.899. The maximum atomic E-state index is 12.4. The highest BCUT2D eigenvalue weighted by Gasteiger charge is 2.38. The zero-order valence-electron chi connectivity index (χ0n) is 14.3. The molecular weight excluding hydrogens is 324 g/mol. The Bertz CT molecular complexity index is 681. The van der Waals surface area contributed by atoms with E-state index < -0.39 is 9.84 Å². The fourth-order valence-corrected chi connectivity index (χ4v) is 4.93. The first-order valence-electron chi connectivity index (χ1n) is 8.68. The van der Waals surface area contributed by atoms with Gasteiger partial charge in [0, 0.05) is 26.1 Å². The number of carbonyl (C=O) groups is 1. The zero-order chi connectivity index (χ0) is 17.2. The van der Waals surface area contributed by atoms with Crippen molar-refractivity contribution in [2.75, 3.05) is 31.9 Å². The molecule has 2 aliphatic rings. The van der Waals surface area contributed by atoms with Crippen molar-refractivity contribution in [3.63, 3.8) is 0 Å². The SMILES string of the molecule is Cc1ccc(S(=O)(=O)CCC(=O)N2CCC3(CCNC3)CC2)cc1. The van der Waals surface area contributed by atoms with E-state index in [0.29, 0.717) is 10.3 Å². The summed E-state index contributed by atoms with van der Waals surface area (Å²) in [6.45, 7) is 5.55. The summed E-state index contributed by atoms with van der Waals surface area (Å²) in [5.74, 6) is -0.149. The fraction of sp³-hybridized carbons (Fsp3) is 0.611. The predicted molar refractivity (Wildman–Crippen MR) is 93.6 cm³/mol. The first-order chi connectivity index (χ1) is 11.4. The van der Waals surface area contributed by atoms with Crippen molar-refractivity contribution in [1.29, 1.82) is 0 Å². The van der Waals surface area contributed by atoms with Gasteiger partial charge in [-0.3, -0.25) is 4.79 Å². The number of hydrogen-bond acceptors (Lipinski definition) is 4. The fourth-order valence-electron chi connectivity index (χ4n) is 3.70. The summed E-state index contributed by atoms with van der Waals surface area (Å²) in [4.78, 5) is 14.5. The van der Waals surface area contributed by atoms with Gasteiger partial charge >= 0.3 is 0 Å². The standard InChI is InChI=1S/C18H26N2O3S/c1-15-2-4-16(5-3-15)24(22,23)13-6-17(21)20-11-8-18(9-12-20)7-10-19-14-18/h2-5,19H,6-14H2,1H3. The second-order valence-corrected chi connectivity index (χ2v) is 9.30. The number of amides is 1. The third kappa shape index (κ3) is 3.81. The molecule has 132 valence electrons. The summed E-state index contributed by atoms with van der Waals surface area (Å²) < 4.78 is 24.7. The van der Waals surface area contributed by atoms with E-state index in [2.05, 4.69) is 5.32 Å². The van der Waals surface area contributed by atoms with Crippen LogP contribution in [0.5, 0.6) is 0 Å². The second-order valence-electron chi connectivity index (χ2n) is 7.19. The van der Waals surface area contributed by atoms with Crippen LogP contribution < -0.4 is 5.32 Å². The number of aryl methyl sites for hydroxylation is 1. The van der Waals surface area contributed by atoms with Gasteiger partial charge in [0.15, 0.2) is 9.84 Å². The average molecular weight is 350 g/mol. The van der Waals surface area contributed by atoms with Gasteiger partial charge in [0.1, 0.15) is 0 Å². The molecule has 2 heterocycles. The molecule has 3 rings (SSSR count). The summed E-state index contributed by atoms with van der Waals surface area (Å²) in [7, 11) is -3.39. The molecule has 1 spiro atoms. The van der Waals surface area contributed by atoms with Gasteiger partial charge in [0.05, 0.1) is 10.6 Å². The van der Waals surface area contributed by atoms with Crippen molar-refractivity contribution < 1.29 is 13.2 Å².